The van der Waals surface area contributed by atoms with Crippen LogP contribution in [0.25, 0.3) is 0 Å². The average Bonchev–Trinajstić information content (AvgIpc) is 2.73. The number of pyridine rings is 2. The molecule has 1 aromatic carbocycles. The van der Waals surface area contributed by atoms with Gasteiger partial charge in [0.05, 0.1) is 17.8 Å². The molecule has 0 aliphatic rings. The number of hydrogen-bond acceptors (Lipinski definition) is 5. The van der Waals surface area contributed by atoms with Crippen LogP contribution < -0.4 is 10.6 Å². The van der Waals surface area contributed by atoms with E-state index in [0.717, 1.165) is 28.4 Å². The Labute approximate surface area is 183 Å². The molecule has 5 nitrogen and oxygen atoms in total. The van der Waals surface area contributed by atoms with Crippen LogP contribution in [0.4, 0.5) is 24.5 Å². The monoisotopic (exact) mass is 496 g/mol. The van der Waals surface area contributed by atoms with E-state index < -0.39 is 17.8 Å². The van der Waals surface area contributed by atoms with Gasteiger partial charge in [-0.15, -0.1) is 11.8 Å². The van der Waals surface area contributed by atoms with Crippen molar-refractivity contribution < 1.29 is 18.0 Å². The molecule has 0 aliphatic heterocycles. The summed E-state index contributed by atoms with van der Waals surface area (Å²) in [5.41, 5.74) is 6.72. The van der Waals surface area contributed by atoms with E-state index in [2.05, 4.69) is 25.9 Å². The molecule has 2 N–H and O–H groups in total. The smallest absolute Gasteiger partial charge is 0.398 e. The van der Waals surface area contributed by atoms with Crippen LogP contribution in [0.3, 0.4) is 0 Å². The first-order valence-electron chi connectivity index (χ1n) is 8.58. The molecule has 2 aromatic heterocycles. The van der Waals surface area contributed by atoms with E-state index in [9.17, 15) is 18.0 Å². The molecule has 0 unspecified atom stereocenters. The van der Waals surface area contributed by atoms with Crippen LogP contribution in [0.5, 0.6) is 0 Å². The van der Waals surface area contributed by atoms with Crippen LogP contribution in [0.2, 0.25) is 0 Å². The summed E-state index contributed by atoms with van der Waals surface area (Å²) in [5, 5.41) is 0.607. The van der Waals surface area contributed by atoms with Gasteiger partial charge in [0.1, 0.15) is 10.7 Å². The molecular weight excluding hydrogens is 481 g/mol. The number of benzene rings is 1. The maximum absolute atomic E-state index is 13.3. The van der Waals surface area contributed by atoms with Gasteiger partial charge in [0.25, 0.3) is 5.91 Å². The fourth-order valence-electron chi connectivity index (χ4n) is 2.73. The molecule has 0 saturated carbocycles. The summed E-state index contributed by atoms with van der Waals surface area (Å²) in [6, 6.07) is 10.6. The summed E-state index contributed by atoms with van der Waals surface area (Å²) in [5.74, 6) is -0.499. The molecule has 2 heterocycles. The SMILES string of the molecule is CSc1ncccc1N(Cc1ccc(Br)c(N)c1)C(=O)c1ccc(C(F)(F)F)nc1. The van der Waals surface area contributed by atoms with E-state index in [-0.39, 0.29) is 12.1 Å². The standard InChI is InChI=1S/C20H16BrF3N4OS/c1-30-18-16(3-2-8-26-18)28(11-12-4-6-14(21)15(25)9-12)19(29)13-5-7-17(27-10-13)20(22,23)24/h2-10H,11,25H2,1H3. The second kappa shape index (κ2) is 9.05. The van der Waals surface area contributed by atoms with Gasteiger partial charge in [0.15, 0.2) is 0 Å². The van der Waals surface area contributed by atoms with Gasteiger partial charge in [-0.05, 0) is 64.1 Å². The zero-order chi connectivity index (χ0) is 21.9. The molecule has 0 fully saturated rings. The van der Waals surface area contributed by atoms with Gasteiger partial charge >= 0.3 is 6.18 Å². The lowest BCUT2D eigenvalue weighted by Gasteiger charge is -2.25. The number of hydrogen-bond donors (Lipinski definition) is 1. The van der Waals surface area contributed by atoms with Crippen molar-refractivity contribution in [3.63, 3.8) is 0 Å². The van der Waals surface area contributed by atoms with Crippen molar-refractivity contribution in [3.8, 4) is 0 Å². The minimum atomic E-state index is -4.58. The minimum absolute atomic E-state index is 0.0315. The molecule has 3 rings (SSSR count). The van der Waals surface area contributed by atoms with Crippen molar-refractivity contribution in [2.45, 2.75) is 17.7 Å². The number of carbonyl (C=O) groups is 1. The largest absolute Gasteiger partial charge is 0.433 e. The molecule has 0 aliphatic carbocycles. The third-order valence-electron chi connectivity index (χ3n) is 4.18. The Bertz CT molecular complexity index is 1060. The van der Waals surface area contributed by atoms with E-state index in [1.165, 1.54) is 16.7 Å². The van der Waals surface area contributed by atoms with Crippen LogP contribution in [-0.2, 0) is 12.7 Å². The minimum Gasteiger partial charge on any atom is -0.398 e. The molecule has 1 amide bonds. The molecule has 3 aromatic rings. The first kappa shape index (κ1) is 22.1. The number of rotatable bonds is 5. The lowest BCUT2D eigenvalue weighted by atomic mass is 10.1. The highest BCUT2D eigenvalue weighted by Crippen LogP contribution is 2.31. The Kier molecular flexibility index (Phi) is 6.67. The number of thioether (sulfide) groups is 1. The maximum atomic E-state index is 13.3. The lowest BCUT2D eigenvalue weighted by molar-refractivity contribution is -0.141. The van der Waals surface area contributed by atoms with Gasteiger partial charge < -0.3 is 10.6 Å². The van der Waals surface area contributed by atoms with Crippen LogP contribution in [0.1, 0.15) is 21.6 Å². The number of nitrogens with zero attached hydrogens (tertiary/aromatic N) is 3. The van der Waals surface area contributed by atoms with E-state index >= 15 is 0 Å². The van der Waals surface area contributed by atoms with Crippen molar-refractivity contribution in [1.29, 1.82) is 0 Å². The summed E-state index contributed by atoms with van der Waals surface area (Å²) < 4.78 is 39.2. The van der Waals surface area contributed by atoms with E-state index in [1.54, 1.807) is 36.5 Å². The molecule has 0 radical (unpaired) electrons. The van der Waals surface area contributed by atoms with Crippen molar-refractivity contribution in [3.05, 3.63) is 76.2 Å². The van der Waals surface area contributed by atoms with Gasteiger partial charge in [-0.1, -0.05) is 6.07 Å². The third kappa shape index (κ3) is 4.93. The van der Waals surface area contributed by atoms with Crippen molar-refractivity contribution >= 4 is 45.0 Å². The quantitative estimate of drug-likeness (QED) is 0.377. The summed E-state index contributed by atoms with van der Waals surface area (Å²) in [6.07, 6.45) is -0.212. The topological polar surface area (TPSA) is 72.1 Å². The normalized spacial score (nSPS) is 11.4. The zero-order valence-electron chi connectivity index (χ0n) is 15.7. The fraction of sp³-hybridized carbons (Fsp3) is 0.150. The number of carbonyl (C=O) groups excluding carboxylic acids is 1. The van der Waals surface area contributed by atoms with Crippen LogP contribution in [-0.4, -0.2) is 22.1 Å². The number of nitrogen functional groups attached to an aromatic ring is 1. The molecule has 0 spiro atoms. The Morgan fingerprint density at radius 2 is 1.97 bits per heavy atom. The zero-order valence-corrected chi connectivity index (χ0v) is 18.1. The van der Waals surface area contributed by atoms with E-state index in [1.807, 2.05) is 6.26 Å². The Morgan fingerprint density at radius 1 is 1.20 bits per heavy atom. The molecule has 10 heteroatoms. The van der Waals surface area contributed by atoms with Crippen LogP contribution in [0, 0.1) is 0 Å². The van der Waals surface area contributed by atoms with Gasteiger partial charge in [-0.25, -0.2) is 4.98 Å². The van der Waals surface area contributed by atoms with E-state index in [4.69, 9.17) is 5.73 Å². The van der Waals surface area contributed by atoms with Crippen molar-refractivity contribution in [2.24, 2.45) is 0 Å². The number of anilines is 2. The predicted molar refractivity (Wildman–Crippen MR) is 114 cm³/mol. The third-order valence-corrected chi connectivity index (χ3v) is 5.61. The van der Waals surface area contributed by atoms with E-state index in [0.29, 0.717) is 16.4 Å². The fourth-order valence-corrected chi connectivity index (χ4v) is 3.53. The van der Waals surface area contributed by atoms with Crippen molar-refractivity contribution in [2.75, 3.05) is 16.9 Å². The lowest BCUT2D eigenvalue weighted by Crippen LogP contribution is -2.31. The second-order valence-corrected chi connectivity index (χ2v) is 7.86. The van der Waals surface area contributed by atoms with Gasteiger partial charge in [0, 0.05) is 22.6 Å². The molecule has 30 heavy (non-hydrogen) atoms. The number of alkyl halides is 3. The Balaban J connectivity index is 2.02. The average molecular weight is 497 g/mol. The number of halogens is 4. The molecule has 0 saturated heterocycles. The van der Waals surface area contributed by atoms with Crippen molar-refractivity contribution in [1.82, 2.24) is 9.97 Å². The van der Waals surface area contributed by atoms with Crippen LogP contribution in [0.15, 0.2) is 64.4 Å². The molecule has 0 bridgehead atoms. The Morgan fingerprint density at radius 3 is 2.57 bits per heavy atom. The highest BCUT2D eigenvalue weighted by molar-refractivity contribution is 9.10. The molecule has 156 valence electrons. The highest BCUT2D eigenvalue weighted by atomic mass is 79.9. The maximum Gasteiger partial charge on any atom is 0.433 e. The summed E-state index contributed by atoms with van der Waals surface area (Å²) in [7, 11) is 0. The first-order valence-corrected chi connectivity index (χ1v) is 10.6. The van der Waals surface area contributed by atoms with Gasteiger partial charge in [0.2, 0.25) is 0 Å². The number of amides is 1. The van der Waals surface area contributed by atoms with Gasteiger partial charge in [-0.3, -0.25) is 9.78 Å². The molecule has 0 atom stereocenters. The Hall–Kier alpha value is -2.59. The summed E-state index contributed by atoms with van der Waals surface area (Å²) >= 11 is 4.69. The number of nitrogens with two attached hydrogens (primary N) is 1. The predicted octanol–water partition coefficient (Wildman–Crippen LogP) is 5.41. The first-order chi connectivity index (χ1) is 14.2. The number of aromatic nitrogens is 2. The van der Waals surface area contributed by atoms with Gasteiger partial charge in [-0.2, -0.15) is 13.2 Å². The van der Waals surface area contributed by atoms with Crippen LogP contribution >= 0.6 is 27.7 Å². The highest BCUT2D eigenvalue weighted by Gasteiger charge is 2.32. The summed E-state index contributed by atoms with van der Waals surface area (Å²) in [6.45, 7) is 0.149. The second-order valence-electron chi connectivity index (χ2n) is 6.21. The molecular formula is C20H16BrF3N4OS. The summed E-state index contributed by atoms with van der Waals surface area (Å²) in [4.78, 5) is 22.4.